The van der Waals surface area contributed by atoms with Crippen molar-refractivity contribution in [3.63, 3.8) is 0 Å². The maximum Gasteiger partial charge on any atom is 0.258 e. The van der Waals surface area contributed by atoms with Crippen LogP contribution in [0, 0.1) is 0 Å². The molecule has 1 aliphatic rings. The molecule has 150 valence electrons. The highest BCUT2D eigenvalue weighted by atomic mass is 32.2. The van der Waals surface area contributed by atoms with E-state index in [1.54, 1.807) is 23.1 Å². The highest BCUT2D eigenvalue weighted by molar-refractivity contribution is 7.89. The molecule has 0 bridgehead atoms. The lowest BCUT2D eigenvalue weighted by atomic mass is 10.0. The first-order valence-electron chi connectivity index (χ1n) is 9.90. The van der Waals surface area contributed by atoms with Crippen LogP contribution in [0.15, 0.2) is 65.6 Å². The third kappa shape index (κ3) is 3.32. The van der Waals surface area contributed by atoms with E-state index in [-0.39, 0.29) is 5.91 Å². The van der Waals surface area contributed by atoms with Gasteiger partial charge in [0.15, 0.2) is 0 Å². The highest BCUT2D eigenvalue weighted by Crippen LogP contribution is 2.33. The van der Waals surface area contributed by atoms with Gasteiger partial charge in [-0.05, 0) is 47.0 Å². The number of benzene rings is 3. The van der Waals surface area contributed by atoms with E-state index in [2.05, 4.69) is 0 Å². The summed E-state index contributed by atoms with van der Waals surface area (Å²) in [4.78, 5) is 15.4. The summed E-state index contributed by atoms with van der Waals surface area (Å²) >= 11 is 0. The van der Waals surface area contributed by atoms with Crippen molar-refractivity contribution in [3.8, 4) is 0 Å². The van der Waals surface area contributed by atoms with Gasteiger partial charge in [-0.3, -0.25) is 4.79 Å². The minimum Gasteiger partial charge on any atom is -0.308 e. The van der Waals surface area contributed by atoms with Crippen LogP contribution in [0.1, 0.15) is 29.8 Å². The minimum atomic E-state index is -3.51. The van der Waals surface area contributed by atoms with Gasteiger partial charge in [0.2, 0.25) is 10.0 Å². The van der Waals surface area contributed by atoms with Crippen LogP contribution in [0.2, 0.25) is 0 Å². The highest BCUT2D eigenvalue weighted by Gasteiger charge is 2.29. The second-order valence-corrected chi connectivity index (χ2v) is 9.05. The molecule has 5 nitrogen and oxygen atoms in total. The zero-order chi connectivity index (χ0) is 20.6. The van der Waals surface area contributed by atoms with Gasteiger partial charge in [-0.2, -0.15) is 4.31 Å². The zero-order valence-corrected chi connectivity index (χ0v) is 17.4. The molecular formula is C23H24N2O3S. The smallest absolute Gasteiger partial charge is 0.258 e. The Bertz CT molecular complexity index is 1180. The topological polar surface area (TPSA) is 57.7 Å². The lowest BCUT2D eigenvalue weighted by Crippen LogP contribution is -2.30. The first kappa shape index (κ1) is 19.6. The largest absolute Gasteiger partial charge is 0.308 e. The third-order valence-corrected chi connectivity index (χ3v) is 7.60. The fraction of sp³-hybridized carbons (Fsp3) is 0.261. The summed E-state index contributed by atoms with van der Waals surface area (Å²) < 4.78 is 27.1. The number of carbonyl (C=O) groups excluding carboxylic acids is 1. The molecule has 1 heterocycles. The lowest BCUT2D eigenvalue weighted by Gasteiger charge is -2.20. The number of hydrogen-bond acceptors (Lipinski definition) is 3. The predicted octanol–water partition coefficient (Wildman–Crippen LogP) is 4.07. The van der Waals surface area contributed by atoms with Crippen LogP contribution in [0.25, 0.3) is 10.8 Å². The minimum absolute atomic E-state index is 0.0556. The molecule has 0 atom stereocenters. The van der Waals surface area contributed by atoms with Crippen LogP contribution < -0.4 is 4.90 Å². The van der Waals surface area contributed by atoms with Gasteiger partial charge in [-0.25, -0.2) is 8.42 Å². The number of sulfonamides is 1. The average molecular weight is 409 g/mol. The molecule has 1 amide bonds. The summed E-state index contributed by atoms with van der Waals surface area (Å²) in [5.41, 5.74) is 2.35. The summed E-state index contributed by atoms with van der Waals surface area (Å²) in [7, 11) is -3.51. The molecule has 0 N–H and O–H groups in total. The average Bonchev–Trinajstić information content (AvgIpc) is 3.17. The molecule has 0 radical (unpaired) electrons. The van der Waals surface area contributed by atoms with Crippen molar-refractivity contribution in [2.75, 3.05) is 24.5 Å². The second-order valence-electron chi connectivity index (χ2n) is 7.11. The molecule has 0 unspecified atom stereocenters. The monoisotopic (exact) mass is 408 g/mol. The number of hydrogen-bond donors (Lipinski definition) is 0. The number of amides is 1. The molecule has 1 aliphatic heterocycles. The first-order valence-corrected chi connectivity index (χ1v) is 11.3. The fourth-order valence-corrected chi connectivity index (χ4v) is 5.53. The van der Waals surface area contributed by atoms with Crippen molar-refractivity contribution in [3.05, 3.63) is 71.8 Å². The summed E-state index contributed by atoms with van der Waals surface area (Å²) in [5, 5.41) is 1.95. The Morgan fingerprint density at radius 3 is 2.48 bits per heavy atom. The number of anilines is 1. The van der Waals surface area contributed by atoms with Crippen LogP contribution in [-0.4, -0.2) is 38.3 Å². The SMILES string of the molecule is CCN(CC)S(=O)(=O)c1ccc2c(c1)CCN2C(=O)c1cccc2ccccc12. The van der Waals surface area contributed by atoms with Gasteiger partial charge < -0.3 is 4.90 Å². The van der Waals surface area contributed by atoms with Crippen LogP contribution >= 0.6 is 0 Å². The van der Waals surface area contributed by atoms with E-state index >= 15 is 0 Å². The normalized spacial score (nSPS) is 13.8. The Kier molecular flexibility index (Phi) is 5.15. The van der Waals surface area contributed by atoms with E-state index in [9.17, 15) is 13.2 Å². The molecule has 3 aromatic rings. The van der Waals surface area contributed by atoms with E-state index in [0.717, 1.165) is 22.0 Å². The standard InChI is InChI=1S/C23H24N2O3S/c1-3-24(4-2)29(27,28)19-12-13-22-18(16-19)14-15-25(22)23(26)21-11-7-9-17-8-5-6-10-20(17)21/h5-13,16H,3-4,14-15H2,1-2H3. The summed E-state index contributed by atoms with van der Waals surface area (Å²) in [6.45, 7) is 5.08. The maximum absolute atomic E-state index is 13.3. The number of rotatable bonds is 5. The van der Waals surface area contributed by atoms with Crippen molar-refractivity contribution in [2.45, 2.75) is 25.2 Å². The van der Waals surface area contributed by atoms with Crippen molar-refractivity contribution in [1.29, 1.82) is 0 Å². The Morgan fingerprint density at radius 1 is 1.00 bits per heavy atom. The lowest BCUT2D eigenvalue weighted by molar-refractivity contribution is 0.0991. The van der Waals surface area contributed by atoms with E-state index in [0.29, 0.717) is 36.5 Å². The number of fused-ring (bicyclic) bond motifs is 2. The summed E-state index contributed by atoms with van der Waals surface area (Å²) in [6, 6.07) is 18.7. The third-order valence-electron chi connectivity index (χ3n) is 5.55. The van der Waals surface area contributed by atoms with Crippen LogP contribution in [0.5, 0.6) is 0 Å². The second kappa shape index (κ2) is 7.61. The fourth-order valence-electron chi connectivity index (χ4n) is 4.02. The molecule has 3 aromatic carbocycles. The molecular weight excluding hydrogens is 384 g/mol. The van der Waals surface area contributed by atoms with Crippen molar-refractivity contribution >= 4 is 32.4 Å². The molecule has 0 aromatic heterocycles. The molecule has 0 saturated carbocycles. The molecule has 0 saturated heterocycles. The van der Waals surface area contributed by atoms with Gasteiger partial charge in [0.25, 0.3) is 5.91 Å². The van der Waals surface area contributed by atoms with Crippen LogP contribution in [0.3, 0.4) is 0 Å². The molecule has 6 heteroatoms. The van der Waals surface area contributed by atoms with E-state index in [4.69, 9.17) is 0 Å². The Labute approximate surface area is 171 Å². The maximum atomic E-state index is 13.3. The summed E-state index contributed by atoms with van der Waals surface area (Å²) in [5.74, 6) is -0.0556. The van der Waals surface area contributed by atoms with E-state index in [1.807, 2.05) is 56.3 Å². The van der Waals surface area contributed by atoms with Gasteiger partial charge in [0.1, 0.15) is 0 Å². The van der Waals surface area contributed by atoms with E-state index in [1.165, 1.54) is 4.31 Å². The van der Waals surface area contributed by atoms with Gasteiger partial charge >= 0.3 is 0 Å². The predicted molar refractivity (Wildman–Crippen MR) is 116 cm³/mol. The Hall–Kier alpha value is -2.70. The number of carbonyl (C=O) groups is 1. The van der Waals surface area contributed by atoms with Crippen molar-refractivity contribution in [2.24, 2.45) is 0 Å². The van der Waals surface area contributed by atoms with E-state index < -0.39 is 10.0 Å². The Morgan fingerprint density at radius 2 is 1.72 bits per heavy atom. The van der Waals surface area contributed by atoms with Gasteiger partial charge in [0, 0.05) is 30.9 Å². The van der Waals surface area contributed by atoms with Gasteiger partial charge in [-0.1, -0.05) is 50.2 Å². The first-order chi connectivity index (χ1) is 14.0. The molecule has 0 fully saturated rings. The van der Waals surface area contributed by atoms with Gasteiger partial charge in [-0.15, -0.1) is 0 Å². The van der Waals surface area contributed by atoms with Crippen molar-refractivity contribution in [1.82, 2.24) is 4.31 Å². The van der Waals surface area contributed by atoms with Gasteiger partial charge in [0.05, 0.1) is 4.90 Å². The summed E-state index contributed by atoms with van der Waals surface area (Å²) in [6.07, 6.45) is 0.646. The molecule has 0 spiro atoms. The zero-order valence-electron chi connectivity index (χ0n) is 16.6. The quantitative estimate of drug-likeness (QED) is 0.639. The Balaban J connectivity index is 1.70. The molecule has 0 aliphatic carbocycles. The molecule has 29 heavy (non-hydrogen) atoms. The molecule has 4 rings (SSSR count). The van der Waals surface area contributed by atoms with Crippen LogP contribution in [0.4, 0.5) is 5.69 Å². The number of nitrogens with zero attached hydrogens (tertiary/aromatic N) is 2. The van der Waals surface area contributed by atoms with Crippen LogP contribution in [-0.2, 0) is 16.4 Å². The van der Waals surface area contributed by atoms with Crippen molar-refractivity contribution < 1.29 is 13.2 Å².